The van der Waals surface area contributed by atoms with E-state index >= 15 is 0 Å². The third-order valence-corrected chi connectivity index (χ3v) is 4.50. The Bertz CT molecular complexity index is 658. The predicted molar refractivity (Wildman–Crippen MR) is 94.2 cm³/mol. The van der Waals surface area contributed by atoms with Crippen molar-refractivity contribution in [1.82, 2.24) is 10.6 Å². The zero-order valence-corrected chi connectivity index (χ0v) is 15.5. The standard InChI is InChI=1S/C17H21BrN2O5/c1-10(25-16(23)13-9-11(18)7-8-14(13)21)15(22)20-17(24)19-12-5-3-2-4-6-12/h7-10,12,21H,2-6H2,1H3,(H2,19,20,22,24)/t10-/m0/s1. The second kappa shape index (κ2) is 8.84. The molecule has 0 bridgehead atoms. The molecule has 3 amide bonds. The molecule has 136 valence electrons. The van der Waals surface area contributed by atoms with Crippen molar-refractivity contribution < 1.29 is 24.2 Å². The molecule has 1 aliphatic rings. The first-order valence-corrected chi connectivity index (χ1v) is 8.97. The molecule has 0 saturated heterocycles. The van der Waals surface area contributed by atoms with Crippen molar-refractivity contribution in [1.29, 1.82) is 0 Å². The average Bonchev–Trinajstić information content (AvgIpc) is 2.57. The molecule has 3 N–H and O–H groups in total. The van der Waals surface area contributed by atoms with E-state index in [1.165, 1.54) is 19.1 Å². The molecule has 0 unspecified atom stereocenters. The number of imide groups is 1. The molecule has 0 aliphatic heterocycles. The summed E-state index contributed by atoms with van der Waals surface area (Å²) >= 11 is 3.19. The summed E-state index contributed by atoms with van der Waals surface area (Å²) in [6.45, 7) is 1.36. The number of halogens is 1. The molecule has 7 nitrogen and oxygen atoms in total. The summed E-state index contributed by atoms with van der Waals surface area (Å²) in [5.41, 5.74) is -0.0688. The second-order valence-electron chi connectivity index (χ2n) is 6.01. The van der Waals surface area contributed by atoms with E-state index in [1.54, 1.807) is 6.07 Å². The number of hydrogen-bond acceptors (Lipinski definition) is 5. The summed E-state index contributed by atoms with van der Waals surface area (Å²) in [7, 11) is 0. The molecular weight excluding hydrogens is 392 g/mol. The molecule has 1 saturated carbocycles. The molecule has 1 aliphatic carbocycles. The molecule has 2 rings (SSSR count). The lowest BCUT2D eigenvalue weighted by Crippen LogP contribution is -2.48. The number of carbonyl (C=O) groups excluding carboxylic acids is 3. The second-order valence-corrected chi connectivity index (χ2v) is 6.92. The monoisotopic (exact) mass is 412 g/mol. The number of benzene rings is 1. The number of phenolic OH excluding ortho intramolecular Hbond substituents is 1. The van der Waals surface area contributed by atoms with Gasteiger partial charge in [0.2, 0.25) is 0 Å². The van der Waals surface area contributed by atoms with Crippen molar-refractivity contribution in [3.63, 3.8) is 0 Å². The van der Waals surface area contributed by atoms with Gasteiger partial charge in [-0.2, -0.15) is 0 Å². The van der Waals surface area contributed by atoms with Crippen molar-refractivity contribution in [2.75, 3.05) is 0 Å². The summed E-state index contributed by atoms with van der Waals surface area (Å²) in [6, 6.07) is 3.77. The number of urea groups is 1. The van der Waals surface area contributed by atoms with Crippen LogP contribution in [0.25, 0.3) is 0 Å². The van der Waals surface area contributed by atoms with Gasteiger partial charge in [-0.05, 0) is 38.0 Å². The van der Waals surface area contributed by atoms with Gasteiger partial charge in [-0.15, -0.1) is 0 Å². The van der Waals surface area contributed by atoms with Crippen LogP contribution in [0.2, 0.25) is 0 Å². The topological polar surface area (TPSA) is 105 Å². The Morgan fingerprint density at radius 3 is 2.60 bits per heavy atom. The van der Waals surface area contributed by atoms with E-state index in [0.29, 0.717) is 4.47 Å². The average molecular weight is 413 g/mol. The largest absolute Gasteiger partial charge is 0.507 e. The molecule has 0 heterocycles. The van der Waals surface area contributed by atoms with Crippen molar-refractivity contribution in [3.05, 3.63) is 28.2 Å². The molecule has 0 aromatic heterocycles. The van der Waals surface area contributed by atoms with Crippen LogP contribution in [0.5, 0.6) is 5.75 Å². The van der Waals surface area contributed by atoms with Crippen LogP contribution in [0.1, 0.15) is 49.4 Å². The van der Waals surface area contributed by atoms with Gasteiger partial charge in [-0.25, -0.2) is 9.59 Å². The number of aromatic hydroxyl groups is 1. The Kier molecular flexibility index (Phi) is 6.81. The Balaban J connectivity index is 1.85. The SMILES string of the molecule is C[C@H](OC(=O)c1cc(Br)ccc1O)C(=O)NC(=O)NC1CCCCC1. The quantitative estimate of drug-likeness (QED) is 0.659. The number of amides is 3. The molecule has 25 heavy (non-hydrogen) atoms. The van der Waals surface area contributed by atoms with Crippen molar-refractivity contribution in [2.45, 2.75) is 51.2 Å². The number of rotatable bonds is 4. The summed E-state index contributed by atoms with van der Waals surface area (Å²) in [5, 5.41) is 14.6. The van der Waals surface area contributed by atoms with E-state index in [2.05, 4.69) is 26.6 Å². The summed E-state index contributed by atoms with van der Waals surface area (Å²) in [6.07, 6.45) is 3.89. The van der Waals surface area contributed by atoms with Crippen LogP contribution in [-0.4, -0.2) is 35.2 Å². The summed E-state index contributed by atoms with van der Waals surface area (Å²) in [4.78, 5) is 35.9. The fourth-order valence-corrected chi connectivity index (χ4v) is 2.99. The highest BCUT2D eigenvalue weighted by atomic mass is 79.9. The van der Waals surface area contributed by atoms with Crippen LogP contribution < -0.4 is 10.6 Å². The fraction of sp³-hybridized carbons (Fsp3) is 0.471. The maximum absolute atomic E-state index is 12.1. The van der Waals surface area contributed by atoms with E-state index in [1.807, 2.05) is 0 Å². The number of nitrogens with one attached hydrogen (secondary N) is 2. The van der Waals surface area contributed by atoms with Gasteiger partial charge in [-0.1, -0.05) is 35.2 Å². The van der Waals surface area contributed by atoms with Gasteiger partial charge in [0.15, 0.2) is 6.10 Å². The Hall–Kier alpha value is -2.09. The van der Waals surface area contributed by atoms with Crippen LogP contribution >= 0.6 is 15.9 Å². The normalized spacial score (nSPS) is 15.9. The predicted octanol–water partition coefficient (Wildman–Crippen LogP) is 2.86. The minimum absolute atomic E-state index is 0.0676. The Morgan fingerprint density at radius 2 is 1.92 bits per heavy atom. The molecule has 8 heteroatoms. The molecule has 1 aromatic rings. The number of phenols is 1. The molecule has 1 aromatic carbocycles. The third-order valence-electron chi connectivity index (χ3n) is 4.01. The first kappa shape index (κ1) is 19.2. The van der Waals surface area contributed by atoms with Crippen LogP contribution in [0.3, 0.4) is 0 Å². The minimum atomic E-state index is -1.18. The van der Waals surface area contributed by atoms with Gasteiger partial charge in [0.05, 0.1) is 0 Å². The molecule has 1 atom stereocenters. The zero-order chi connectivity index (χ0) is 18.4. The van der Waals surface area contributed by atoms with Gasteiger partial charge in [0.25, 0.3) is 5.91 Å². The number of hydrogen-bond donors (Lipinski definition) is 3. The molecule has 0 spiro atoms. The molecular formula is C17H21BrN2O5. The highest BCUT2D eigenvalue weighted by molar-refractivity contribution is 9.10. The first-order chi connectivity index (χ1) is 11.9. The van der Waals surface area contributed by atoms with Gasteiger partial charge in [0, 0.05) is 10.5 Å². The van der Waals surface area contributed by atoms with Crippen molar-refractivity contribution in [2.24, 2.45) is 0 Å². The lowest BCUT2D eigenvalue weighted by atomic mass is 9.96. The van der Waals surface area contributed by atoms with Crippen LogP contribution in [0, 0.1) is 0 Å². The first-order valence-electron chi connectivity index (χ1n) is 8.17. The fourth-order valence-electron chi connectivity index (χ4n) is 2.63. The van der Waals surface area contributed by atoms with Crippen LogP contribution in [-0.2, 0) is 9.53 Å². The van der Waals surface area contributed by atoms with E-state index in [9.17, 15) is 19.5 Å². The van der Waals surface area contributed by atoms with Gasteiger partial charge >= 0.3 is 12.0 Å². The Morgan fingerprint density at radius 1 is 1.24 bits per heavy atom. The minimum Gasteiger partial charge on any atom is -0.507 e. The smallest absolute Gasteiger partial charge is 0.342 e. The van der Waals surface area contributed by atoms with E-state index in [-0.39, 0.29) is 17.4 Å². The number of esters is 1. The third kappa shape index (κ3) is 5.74. The van der Waals surface area contributed by atoms with Gasteiger partial charge < -0.3 is 15.2 Å². The van der Waals surface area contributed by atoms with Gasteiger partial charge in [-0.3, -0.25) is 10.1 Å². The van der Waals surface area contributed by atoms with E-state index < -0.39 is 24.0 Å². The van der Waals surface area contributed by atoms with E-state index in [4.69, 9.17) is 4.74 Å². The zero-order valence-electron chi connectivity index (χ0n) is 13.9. The number of ether oxygens (including phenoxy) is 1. The van der Waals surface area contributed by atoms with Gasteiger partial charge in [0.1, 0.15) is 11.3 Å². The number of carbonyl (C=O) groups is 3. The highest BCUT2D eigenvalue weighted by Gasteiger charge is 2.24. The van der Waals surface area contributed by atoms with Crippen LogP contribution in [0.4, 0.5) is 4.79 Å². The summed E-state index contributed by atoms with van der Waals surface area (Å²) < 4.78 is 5.60. The molecule has 1 fully saturated rings. The van der Waals surface area contributed by atoms with E-state index in [0.717, 1.165) is 32.1 Å². The van der Waals surface area contributed by atoms with Crippen molar-refractivity contribution in [3.8, 4) is 5.75 Å². The van der Waals surface area contributed by atoms with Crippen LogP contribution in [0.15, 0.2) is 22.7 Å². The lowest BCUT2D eigenvalue weighted by Gasteiger charge is -2.23. The maximum Gasteiger partial charge on any atom is 0.342 e. The van der Waals surface area contributed by atoms with Crippen molar-refractivity contribution >= 4 is 33.8 Å². The molecule has 0 radical (unpaired) electrons. The maximum atomic E-state index is 12.1. The highest BCUT2D eigenvalue weighted by Crippen LogP contribution is 2.23. The lowest BCUT2D eigenvalue weighted by molar-refractivity contribution is -0.127. The summed E-state index contributed by atoms with van der Waals surface area (Å²) in [5.74, 6) is -1.83. The Labute approximate surface area is 154 Å².